The summed E-state index contributed by atoms with van der Waals surface area (Å²) >= 11 is 1.47. The van der Waals surface area contributed by atoms with Gasteiger partial charge >= 0.3 is 0 Å². The molecule has 0 fully saturated rings. The van der Waals surface area contributed by atoms with Crippen molar-refractivity contribution in [3.05, 3.63) is 34.7 Å². The van der Waals surface area contributed by atoms with Gasteiger partial charge in [0.1, 0.15) is 5.01 Å². The smallest absolute Gasteiger partial charge is 0.293 e. The van der Waals surface area contributed by atoms with Gasteiger partial charge in [-0.05, 0) is 19.1 Å². The lowest BCUT2D eigenvalue weighted by molar-refractivity contribution is -0.133. The highest BCUT2D eigenvalue weighted by atomic mass is 32.1. The average Bonchev–Trinajstić information content (AvgIpc) is 2.80. The number of nitrogens with zero attached hydrogens (tertiary/aromatic N) is 1. The van der Waals surface area contributed by atoms with Gasteiger partial charge in [-0.25, -0.2) is 4.98 Å². The summed E-state index contributed by atoms with van der Waals surface area (Å²) in [4.78, 5) is 14.7. The Bertz CT molecular complexity index is 507. The third-order valence-electron chi connectivity index (χ3n) is 2.34. The number of aromatic nitrogens is 1. The van der Waals surface area contributed by atoms with E-state index in [0.717, 1.165) is 22.0 Å². The Kier molecular flexibility index (Phi) is 3.39. The zero-order valence-electron chi connectivity index (χ0n) is 9.29. The van der Waals surface area contributed by atoms with Crippen molar-refractivity contribution in [2.45, 2.75) is 13.0 Å². The van der Waals surface area contributed by atoms with E-state index in [1.807, 2.05) is 29.6 Å². The molecule has 1 heterocycles. The van der Waals surface area contributed by atoms with Crippen molar-refractivity contribution in [3.8, 4) is 11.3 Å². The summed E-state index contributed by atoms with van der Waals surface area (Å²) < 4.78 is 4.84. The van der Waals surface area contributed by atoms with Gasteiger partial charge < -0.3 is 10.5 Å². The van der Waals surface area contributed by atoms with E-state index in [-0.39, 0.29) is 6.10 Å². The second-order valence-corrected chi connectivity index (χ2v) is 4.46. The maximum absolute atomic E-state index is 10.2. The number of nitrogens with two attached hydrogens (primary N) is 1. The summed E-state index contributed by atoms with van der Waals surface area (Å²) in [5.74, 6) is 0. The quantitative estimate of drug-likeness (QED) is 0.667. The fourth-order valence-electron chi connectivity index (χ4n) is 1.40. The topological polar surface area (TPSA) is 65.2 Å². The third-order valence-corrected chi connectivity index (χ3v) is 3.34. The molecule has 2 rings (SSSR count). The Morgan fingerprint density at radius 3 is 2.76 bits per heavy atom. The SMILES string of the molecule is CC(OC=O)c1nc(-c2ccc(N)cc2)cs1. The van der Waals surface area contributed by atoms with E-state index < -0.39 is 0 Å². The third kappa shape index (κ3) is 2.62. The van der Waals surface area contributed by atoms with Gasteiger partial charge in [-0.2, -0.15) is 0 Å². The summed E-state index contributed by atoms with van der Waals surface area (Å²) in [6.07, 6.45) is -0.306. The van der Waals surface area contributed by atoms with Crippen LogP contribution in [0.3, 0.4) is 0 Å². The number of hydrogen-bond acceptors (Lipinski definition) is 5. The average molecular weight is 248 g/mol. The molecule has 1 aromatic carbocycles. The lowest BCUT2D eigenvalue weighted by atomic mass is 10.1. The van der Waals surface area contributed by atoms with E-state index in [4.69, 9.17) is 10.5 Å². The number of carbonyl (C=O) groups is 1. The molecule has 0 radical (unpaired) electrons. The minimum absolute atomic E-state index is 0.306. The number of rotatable bonds is 4. The molecule has 0 spiro atoms. The Morgan fingerprint density at radius 1 is 1.41 bits per heavy atom. The number of benzene rings is 1. The van der Waals surface area contributed by atoms with E-state index in [0.29, 0.717) is 6.47 Å². The van der Waals surface area contributed by atoms with Crippen molar-refractivity contribution in [3.63, 3.8) is 0 Å². The summed E-state index contributed by atoms with van der Waals surface area (Å²) in [5.41, 5.74) is 8.21. The summed E-state index contributed by atoms with van der Waals surface area (Å²) in [5, 5.41) is 2.72. The van der Waals surface area contributed by atoms with Crippen LogP contribution in [-0.4, -0.2) is 11.5 Å². The normalized spacial score (nSPS) is 12.1. The van der Waals surface area contributed by atoms with E-state index in [9.17, 15) is 4.79 Å². The molecule has 0 saturated carbocycles. The van der Waals surface area contributed by atoms with Crippen LogP contribution in [0.1, 0.15) is 18.0 Å². The molecule has 4 nitrogen and oxygen atoms in total. The Labute approximate surface area is 103 Å². The van der Waals surface area contributed by atoms with Crippen molar-refractivity contribution in [2.75, 3.05) is 5.73 Å². The van der Waals surface area contributed by atoms with Crippen molar-refractivity contribution in [1.82, 2.24) is 4.98 Å². The largest absolute Gasteiger partial charge is 0.457 e. The van der Waals surface area contributed by atoms with E-state index in [1.165, 1.54) is 11.3 Å². The molecule has 0 aliphatic carbocycles. The molecule has 17 heavy (non-hydrogen) atoms. The molecule has 1 unspecified atom stereocenters. The minimum Gasteiger partial charge on any atom is -0.457 e. The number of anilines is 1. The molecule has 88 valence electrons. The zero-order valence-corrected chi connectivity index (χ0v) is 10.1. The number of carbonyl (C=O) groups excluding carboxylic acids is 1. The summed E-state index contributed by atoms with van der Waals surface area (Å²) in [6, 6.07) is 7.50. The number of nitrogen functional groups attached to an aromatic ring is 1. The van der Waals surface area contributed by atoms with Gasteiger partial charge in [-0.1, -0.05) is 12.1 Å². The minimum atomic E-state index is -0.306. The van der Waals surface area contributed by atoms with Crippen LogP contribution in [0.15, 0.2) is 29.6 Å². The molecule has 0 saturated heterocycles. The van der Waals surface area contributed by atoms with E-state index >= 15 is 0 Å². The van der Waals surface area contributed by atoms with Crippen LogP contribution in [0, 0.1) is 0 Å². The van der Waals surface area contributed by atoms with Crippen LogP contribution in [0.5, 0.6) is 0 Å². The molecule has 1 atom stereocenters. The van der Waals surface area contributed by atoms with Crippen molar-refractivity contribution >= 4 is 23.5 Å². The lowest BCUT2D eigenvalue weighted by Gasteiger charge is -2.04. The Hall–Kier alpha value is -1.88. The van der Waals surface area contributed by atoms with Gasteiger partial charge in [0.15, 0.2) is 6.10 Å². The monoisotopic (exact) mass is 248 g/mol. The molecule has 2 aromatic rings. The first kappa shape index (κ1) is 11.6. The van der Waals surface area contributed by atoms with Crippen LogP contribution in [0.4, 0.5) is 5.69 Å². The molecule has 0 aliphatic heterocycles. The summed E-state index contributed by atoms with van der Waals surface area (Å²) in [7, 11) is 0. The van der Waals surface area contributed by atoms with Crippen LogP contribution < -0.4 is 5.73 Å². The van der Waals surface area contributed by atoms with Crippen molar-refractivity contribution < 1.29 is 9.53 Å². The maximum Gasteiger partial charge on any atom is 0.293 e. The molecule has 0 bridgehead atoms. The number of thiazole rings is 1. The first-order chi connectivity index (χ1) is 8.20. The maximum atomic E-state index is 10.2. The predicted molar refractivity (Wildman–Crippen MR) is 67.5 cm³/mol. The predicted octanol–water partition coefficient (Wildman–Crippen LogP) is 2.63. The van der Waals surface area contributed by atoms with Crippen molar-refractivity contribution in [1.29, 1.82) is 0 Å². The standard InChI is InChI=1S/C12H12N2O2S/c1-8(16-7-15)12-14-11(6-17-12)9-2-4-10(13)5-3-9/h2-8H,13H2,1H3. The van der Waals surface area contributed by atoms with E-state index in [2.05, 4.69) is 4.98 Å². The van der Waals surface area contributed by atoms with Gasteiger partial charge in [0.05, 0.1) is 5.69 Å². The van der Waals surface area contributed by atoms with Crippen LogP contribution in [-0.2, 0) is 9.53 Å². The second kappa shape index (κ2) is 4.97. The molecular formula is C12H12N2O2S. The van der Waals surface area contributed by atoms with Crippen molar-refractivity contribution in [2.24, 2.45) is 0 Å². The van der Waals surface area contributed by atoms with Gasteiger partial charge in [-0.3, -0.25) is 4.79 Å². The molecule has 0 amide bonds. The molecule has 5 heteroatoms. The lowest BCUT2D eigenvalue weighted by Crippen LogP contribution is -1.97. The van der Waals surface area contributed by atoms with Crippen LogP contribution in [0.2, 0.25) is 0 Å². The first-order valence-electron chi connectivity index (χ1n) is 5.11. The highest BCUT2D eigenvalue weighted by Crippen LogP contribution is 2.27. The Morgan fingerprint density at radius 2 is 2.12 bits per heavy atom. The van der Waals surface area contributed by atoms with Gasteiger partial charge in [0.25, 0.3) is 6.47 Å². The number of ether oxygens (including phenoxy) is 1. The molecule has 2 N–H and O–H groups in total. The second-order valence-electron chi connectivity index (χ2n) is 3.57. The van der Waals surface area contributed by atoms with E-state index in [1.54, 1.807) is 6.92 Å². The highest BCUT2D eigenvalue weighted by molar-refractivity contribution is 7.10. The fraction of sp³-hybridized carbons (Fsp3) is 0.167. The zero-order chi connectivity index (χ0) is 12.3. The number of hydrogen-bond donors (Lipinski definition) is 1. The first-order valence-corrected chi connectivity index (χ1v) is 5.99. The van der Waals surface area contributed by atoms with Gasteiger partial charge in [0.2, 0.25) is 0 Å². The molecule has 0 aliphatic rings. The Balaban J connectivity index is 2.23. The fourth-order valence-corrected chi connectivity index (χ4v) is 2.22. The summed E-state index contributed by atoms with van der Waals surface area (Å²) in [6.45, 7) is 2.23. The van der Waals surface area contributed by atoms with Gasteiger partial charge in [0, 0.05) is 16.6 Å². The van der Waals surface area contributed by atoms with Crippen LogP contribution in [0.25, 0.3) is 11.3 Å². The molecular weight excluding hydrogens is 236 g/mol. The van der Waals surface area contributed by atoms with Gasteiger partial charge in [-0.15, -0.1) is 11.3 Å². The van der Waals surface area contributed by atoms with Crippen LogP contribution >= 0.6 is 11.3 Å². The molecule has 1 aromatic heterocycles. The highest BCUT2D eigenvalue weighted by Gasteiger charge is 2.11.